The highest BCUT2D eigenvalue weighted by Gasteiger charge is 2.11. The molecule has 1 aromatic carbocycles. The van der Waals surface area contributed by atoms with Crippen LogP contribution >= 0.6 is 0 Å². The normalized spacial score (nSPS) is 12.2. The first-order valence-corrected chi connectivity index (χ1v) is 5.98. The Balaban J connectivity index is 2.84. The maximum absolute atomic E-state index is 9.51. The summed E-state index contributed by atoms with van der Waals surface area (Å²) < 4.78 is 11.1. The van der Waals surface area contributed by atoms with Crippen molar-refractivity contribution in [3.63, 3.8) is 0 Å². The number of ether oxygens (including phenoxy) is 2. The van der Waals surface area contributed by atoms with Gasteiger partial charge < -0.3 is 20.3 Å². The van der Waals surface area contributed by atoms with E-state index in [9.17, 15) is 5.11 Å². The summed E-state index contributed by atoms with van der Waals surface area (Å²) in [5.74, 6) is 1.32. The highest BCUT2D eigenvalue weighted by molar-refractivity contribution is 5.46. The molecule has 0 aliphatic heterocycles. The van der Waals surface area contributed by atoms with Crippen molar-refractivity contribution in [3.05, 3.63) is 23.8 Å². The van der Waals surface area contributed by atoms with Crippen LogP contribution in [0.25, 0.3) is 0 Å². The lowest BCUT2D eigenvalue weighted by molar-refractivity contribution is 0.101. The number of hydrogen-bond acceptors (Lipinski definition) is 4. The summed E-state index contributed by atoms with van der Waals surface area (Å²) in [4.78, 5) is 0. The van der Waals surface area contributed by atoms with Gasteiger partial charge in [-0.15, -0.1) is 0 Å². The molecule has 1 aromatic rings. The number of para-hydroxylation sites is 1. The van der Waals surface area contributed by atoms with Crippen LogP contribution in [0, 0.1) is 0 Å². The summed E-state index contributed by atoms with van der Waals surface area (Å²) in [5, 5.41) is 9.51. The van der Waals surface area contributed by atoms with E-state index in [2.05, 4.69) is 0 Å². The second-order valence-corrected chi connectivity index (χ2v) is 3.75. The summed E-state index contributed by atoms with van der Waals surface area (Å²) in [6, 6.07) is 5.63. The Labute approximate surface area is 102 Å². The number of benzene rings is 1. The van der Waals surface area contributed by atoms with Gasteiger partial charge in [0.15, 0.2) is 11.5 Å². The fraction of sp³-hybridized carbons (Fsp3) is 0.538. The molecule has 0 saturated heterocycles. The van der Waals surface area contributed by atoms with Crippen molar-refractivity contribution < 1.29 is 14.6 Å². The largest absolute Gasteiger partial charge is 0.490 e. The van der Waals surface area contributed by atoms with Crippen molar-refractivity contribution in [2.75, 3.05) is 13.2 Å². The predicted octanol–water partition coefficient (Wildman–Crippen LogP) is 1.69. The molecular weight excluding hydrogens is 218 g/mol. The maximum atomic E-state index is 9.51. The second kappa shape index (κ2) is 7.14. The number of aliphatic hydroxyl groups is 1. The lowest BCUT2D eigenvalue weighted by atomic mass is 10.2. The van der Waals surface area contributed by atoms with E-state index < -0.39 is 6.10 Å². The van der Waals surface area contributed by atoms with Gasteiger partial charge in [0.2, 0.25) is 0 Å². The Morgan fingerprint density at radius 2 is 2.06 bits per heavy atom. The van der Waals surface area contributed by atoms with Gasteiger partial charge in [0.05, 0.1) is 12.7 Å². The predicted molar refractivity (Wildman–Crippen MR) is 67.3 cm³/mol. The van der Waals surface area contributed by atoms with Gasteiger partial charge in [0, 0.05) is 12.1 Å². The standard InChI is InChI=1S/C13H21NO3/c1-3-11(15)9-17-13-10(8-14)6-5-7-12(13)16-4-2/h5-7,11,15H,3-4,8-9,14H2,1-2H3. The molecule has 0 spiro atoms. The molecule has 3 N–H and O–H groups in total. The topological polar surface area (TPSA) is 64.7 Å². The molecule has 0 aliphatic rings. The third-order valence-corrected chi connectivity index (χ3v) is 2.47. The summed E-state index contributed by atoms with van der Waals surface area (Å²) in [7, 11) is 0. The van der Waals surface area contributed by atoms with Crippen LogP contribution in [0.1, 0.15) is 25.8 Å². The number of rotatable bonds is 7. The van der Waals surface area contributed by atoms with E-state index in [1.165, 1.54) is 0 Å². The van der Waals surface area contributed by atoms with Crippen LogP contribution < -0.4 is 15.2 Å². The molecule has 0 aliphatic carbocycles. The number of aliphatic hydroxyl groups excluding tert-OH is 1. The SMILES string of the molecule is CCOc1cccc(CN)c1OCC(O)CC. The first kappa shape index (κ1) is 13.8. The molecular formula is C13H21NO3. The van der Waals surface area contributed by atoms with Crippen molar-refractivity contribution in [3.8, 4) is 11.5 Å². The molecule has 0 amide bonds. The van der Waals surface area contributed by atoms with Gasteiger partial charge in [-0.25, -0.2) is 0 Å². The van der Waals surface area contributed by atoms with Crippen molar-refractivity contribution in [2.45, 2.75) is 32.9 Å². The van der Waals surface area contributed by atoms with Gasteiger partial charge in [-0.2, -0.15) is 0 Å². The molecule has 0 saturated carbocycles. The van der Waals surface area contributed by atoms with E-state index in [1.54, 1.807) is 0 Å². The van der Waals surface area contributed by atoms with Crippen LogP contribution in [0.15, 0.2) is 18.2 Å². The third-order valence-electron chi connectivity index (χ3n) is 2.47. The quantitative estimate of drug-likeness (QED) is 0.760. The molecule has 0 fully saturated rings. The van der Waals surface area contributed by atoms with Crippen LogP contribution in [0.4, 0.5) is 0 Å². The molecule has 1 atom stereocenters. The average Bonchev–Trinajstić information content (AvgIpc) is 2.36. The Kier molecular flexibility index (Phi) is 5.80. The van der Waals surface area contributed by atoms with Crippen LogP contribution in [-0.4, -0.2) is 24.4 Å². The van der Waals surface area contributed by atoms with E-state index >= 15 is 0 Å². The minimum Gasteiger partial charge on any atom is -0.490 e. The van der Waals surface area contributed by atoms with E-state index in [0.29, 0.717) is 31.1 Å². The van der Waals surface area contributed by atoms with Gasteiger partial charge >= 0.3 is 0 Å². The molecule has 0 heterocycles. The molecule has 1 unspecified atom stereocenters. The molecule has 0 aromatic heterocycles. The highest BCUT2D eigenvalue weighted by Crippen LogP contribution is 2.31. The van der Waals surface area contributed by atoms with Gasteiger partial charge in [0.1, 0.15) is 6.61 Å². The molecule has 1 rings (SSSR count). The zero-order valence-corrected chi connectivity index (χ0v) is 10.5. The van der Waals surface area contributed by atoms with Crippen LogP contribution in [-0.2, 0) is 6.54 Å². The minimum absolute atomic E-state index is 0.258. The first-order chi connectivity index (χ1) is 8.22. The Morgan fingerprint density at radius 3 is 2.65 bits per heavy atom. The summed E-state index contributed by atoms with van der Waals surface area (Å²) in [6.07, 6.45) is 0.199. The van der Waals surface area contributed by atoms with Crippen LogP contribution in [0.3, 0.4) is 0 Å². The maximum Gasteiger partial charge on any atom is 0.165 e. The zero-order valence-electron chi connectivity index (χ0n) is 10.5. The second-order valence-electron chi connectivity index (χ2n) is 3.75. The molecule has 4 heteroatoms. The number of hydrogen-bond donors (Lipinski definition) is 2. The van der Waals surface area contributed by atoms with Crippen molar-refractivity contribution in [1.82, 2.24) is 0 Å². The van der Waals surface area contributed by atoms with Crippen LogP contribution in [0.2, 0.25) is 0 Å². The Hall–Kier alpha value is -1.26. The minimum atomic E-state index is -0.463. The molecule has 0 radical (unpaired) electrons. The van der Waals surface area contributed by atoms with E-state index in [1.807, 2.05) is 32.0 Å². The Morgan fingerprint density at radius 1 is 1.29 bits per heavy atom. The van der Waals surface area contributed by atoms with Crippen molar-refractivity contribution in [1.29, 1.82) is 0 Å². The highest BCUT2D eigenvalue weighted by atomic mass is 16.5. The van der Waals surface area contributed by atoms with Crippen LogP contribution in [0.5, 0.6) is 11.5 Å². The monoisotopic (exact) mass is 239 g/mol. The summed E-state index contributed by atoms with van der Waals surface area (Å²) in [6.45, 7) is 5.04. The van der Waals surface area contributed by atoms with Gasteiger partial charge in [0.25, 0.3) is 0 Å². The average molecular weight is 239 g/mol. The fourth-order valence-corrected chi connectivity index (χ4v) is 1.45. The van der Waals surface area contributed by atoms with E-state index in [0.717, 1.165) is 5.56 Å². The molecule has 17 heavy (non-hydrogen) atoms. The first-order valence-electron chi connectivity index (χ1n) is 5.98. The third kappa shape index (κ3) is 3.91. The van der Waals surface area contributed by atoms with Gasteiger partial charge in [-0.05, 0) is 19.4 Å². The summed E-state index contributed by atoms with van der Waals surface area (Å²) >= 11 is 0. The van der Waals surface area contributed by atoms with E-state index in [-0.39, 0.29) is 6.61 Å². The smallest absolute Gasteiger partial charge is 0.165 e. The summed E-state index contributed by atoms with van der Waals surface area (Å²) in [5.41, 5.74) is 6.54. The van der Waals surface area contributed by atoms with Crippen molar-refractivity contribution >= 4 is 0 Å². The molecule has 4 nitrogen and oxygen atoms in total. The van der Waals surface area contributed by atoms with Crippen molar-refractivity contribution in [2.24, 2.45) is 5.73 Å². The fourth-order valence-electron chi connectivity index (χ4n) is 1.45. The Bertz CT molecular complexity index is 341. The molecule has 96 valence electrons. The van der Waals surface area contributed by atoms with E-state index in [4.69, 9.17) is 15.2 Å². The van der Waals surface area contributed by atoms with Gasteiger partial charge in [-0.3, -0.25) is 0 Å². The number of nitrogens with two attached hydrogens (primary N) is 1. The zero-order chi connectivity index (χ0) is 12.7. The van der Waals surface area contributed by atoms with Gasteiger partial charge in [-0.1, -0.05) is 19.1 Å². The lowest BCUT2D eigenvalue weighted by Gasteiger charge is -2.16. The lowest BCUT2D eigenvalue weighted by Crippen LogP contribution is -2.17. The molecule has 0 bridgehead atoms.